The second-order valence-electron chi connectivity index (χ2n) is 8.65. The van der Waals surface area contributed by atoms with Crippen LogP contribution in [0.3, 0.4) is 0 Å². The molecule has 0 saturated heterocycles. The van der Waals surface area contributed by atoms with E-state index in [2.05, 4.69) is 40.6 Å². The summed E-state index contributed by atoms with van der Waals surface area (Å²) in [5, 5.41) is 11.4. The number of nitrogens with zero attached hydrogens (tertiary/aromatic N) is 4. The lowest BCUT2D eigenvalue weighted by Crippen LogP contribution is -2.39. The number of pyridine rings is 1. The molecule has 0 fully saturated rings. The minimum atomic E-state index is -0.250. The van der Waals surface area contributed by atoms with Gasteiger partial charge in [0.05, 0.1) is 17.4 Å². The predicted octanol–water partition coefficient (Wildman–Crippen LogP) is 4.59. The molecule has 7 heteroatoms. The van der Waals surface area contributed by atoms with Crippen LogP contribution >= 0.6 is 0 Å². The molecule has 4 rings (SSSR count). The second-order valence-corrected chi connectivity index (χ2v) is 8.65. The number of nitrogens with one attached hydrogen (secondary N) is 2. The number of amides is 2. The van der Waals surface area contributed by atoms with E-state index in [0.29, 0.717) is 6.54 Å². The summed E-state index contributed by atoms with van der Waals surface area (Å²) in [5.41, 5.74) is 3.52. The van der Waals surface area contributed by atoms with Crippen molar-refractivity contribution in [1.82, 2.24) is 20.1 Å². The number of fused-ring (bicyclic) bond motifs is 1. The molecule has 2 aromatic heterocycles. The number of anilines is 2. The number of para-hydroxylation sites is 1. The molecule has 4 aromatic rings. The third kappa shape index (κ3) is 4.56. The number of carbonyl (C=O) groups is 1. The summed E-state index contributed by atoms with van der Waals surface area (Å²) in [4.78, 5) is 18.9. The standard InChI is InChI=1S/C25H28N6O/c1-25(2,19-9-14-23(26-16-19)30(3)4)17-27-24(32)29-20-10-12-21(13-11-20)31-22-8-6-5-7-18(22)15-28-31/h5-16H,17H2,1-4H3,(H2,27,29,32). The molecule has 0 aliphatic carbocycles. The Morgan fingerprint density at radius 3 is 2.44 bits per heavy atom. The van der Waals surface area contributed by atoms with Gasteiger partial charge in [-0.25, -0.2) is 14.5 Å². The zero-order valence-electron chi connectivity index (χ0n) is 18.8. The number of hydrogen-bond acceptors (Lipinski definition) is 4. The number of hydrogen-bond donors (Lipinski definition) is 2. The van der Waals surface area contributed by atoms with Crippen molar-refractivity contribution in [2.24, 2.45) is 0 Å². The van der Waals surface area contributed by atoms with Crippen LogP contribution in [0, 0.1) is 0 Å². The number of benzene rings is 2. The maximum atomic E-state index is 12.5. The number of carbonyl (C=O) groups excluding carboxylic acids is 1. The first kappa shape index (κ1) is 21.4. The molecule has 0 bridgehead atoms. The Kier molecular flexibility index (Phi) is 5.81. The van der Waals surface area contributed by atoms with Crippen LogP contribution in [-0.4, -0.2) is 41.4 Å². The molecule has 0 aliphatic rings. The first-order valence-electron chi connectivity index (χ1n) is 10.6. The van der Waals surface area contributed by atoms with Crippen LogP contribution in [0.15, 0.2) is 73.1 Å². The Morgan fingerprint density at radius 1 is 1.00 bits per heavy atom. The Balaban J connectivity index is 1.36. The van der Waals surface area contributed by atoms with Crippen molar-refractivity contribution >= 4 is 28.4 Å². The van der Waals surface area contributed by atoms with Crippen LogP contribution in [-0.2, 0) is 5.41 Å². The van der Waals surface area contributed by atoms with E-state index in [4.69, 9.17) is 0 Å². The highest BCUT2D eigenvalue weighted by molar-refractivity contribution is 5.89. The minimum Gasteiger partial charge on any atom is -0.363 e. The average Bonchev–Trinajstić information content (AvgIpc) is 3.23. The smallest absolute Gasteiger partial charge is 0.319 e. The lowest BCUT2D eigenvalue weighted by molar-refractivity contribution is 0.249. The van der Waals surface area contributed by atoms with E-state index in [-0.39, 0.29) is 11.4 Å². The summed E-state index contributed by atoms with van der Waals surface area (Å²) in [7, 11) is 3.92. The van der Waals surface area contributed by atoms with Gasteiger partial charge in [0.1, 0.15) is 5.82 Å². The van der Waals surface area contributed by atoms with Crippen molar-refractivity contribution in [2.75, 3.05) is 30.9 Å². The molecule has 0 aliphatic heterocycles. The van der Waals surface area contributed by atoms with Crippen LogP contribution < -0.4 is 15.5 Å². The first-order chi connectivity index (χ1) is 15.3. The predicted molar refractivity (Wildman–Crippen MR) is 130 cm³/mol. The highest BCUT2D eigenvalue weighted by Gasteiger charge is 2.22. The maximum Gasteiger partial charge on any atom is 0.319 e. The SMILES string of the molecule is CN(C)c1ccc(C(C)(C)CNC(=O)Nc2ccc(-n3ncc4ccccc43)cc2)cn1. The van der Waals surface area contributed by atoms with E-state index in [1.54, 1.807) is 0 Å². The van der Waals surface area contributed by atoms with Gasteiger partial charge in [0, 0.05) is 43.3 Å². The van der Waals surface area contributed by atoms with Crippen LogP contribution in [0.25, 0.3) is 16.6 Å². The summed E-state index contributed by atoms with van der Waals surface area (Å²) >= 11 is 0. The number of rotatable bonds is 6. The molecule has 32 heavy (non-hydrogen) atoms. The molecule has 7 nitrogen and oxygen atoms in total. The molecule has 0 atom stereocenters. The lowest BCUT2D eigenvalue weighted by Gasteiger charge is -2.26. The number of urea groups is 1. The van der Waals surface area contributed by atoms with Gasteiger partial charge < -0.3 is 15.5 Å². The van der Waals surface area contributed by atoms with E-state index < -0.39 is 0 Å². The monoisotopic (exact) mass is 428 g/mol. The van der Waals surface area contributed by atoms with Gasteiger partial charge in [0.2, 0.25) is 0 Å². The summed E-state index contributed by atoms with van der Waals surface area (Å²) in [6.07, 6.45) is 3.72. The van der Waals surface area contributed by atoms with E-state index in [1.807, 2.05) is 90.7 Å². The van der Waals surface area contributed by atoms with Crippen molar-refractivity contribution in [1.29, 1.82) is 0 Å². The molecule has 0 spiro atoms. The van der Waals surface area contributed by atoms with Crippen LogP contribution in [0.4, 0.5) is 16.3 Å². The van der Waals surface area contributed by atoms with Crippen LogP contribution in [0.1, 0.15) is 19.4 Å². The fourth-order valence-electron chi connectivity index (χ4n) is 3.49. The molecular weight excluding hydrogens is 400 g/mol. The van der Waals surface area contributed by atoms with E-state index >= 15 is 0 Å². The Bertz CT molecular complexity index is 1210. The fraction of sp³-hybridized carbons (Fsp3) is 0.240. The van der Waals surface area contributed by atoms with Gasteiger partial charge in [-0.2, -0.15) is 5.10 Å². The summed E-state index contributed by atoms with van der Waals surface area (Å²) in [6, 6.07) is 19.5. The quantitative estimate of drug-likeness (QED) is 0.471. The Hall–Kier alpha value is -3.87. The molecule has 2 heterocycles. The maximum absolute atomic E-state index is 12.5. The van der Waals surface area contributed by atoms with E-state index in [9.17, 15) is 4.79 Å². The summed E-state index contributed by atoms with van der Waals surface area (Å²) in [6.45, 7) is 4.66. The molecule has 0 saturated carbocycles. The molecule has 2 N–H and O–H groups in total. The Morgan fingerprint density at radius 2 is 1.75 bits per heavy atom. The molecular formula is C25H28N6O. The summed E-state index contributed by atoms with van der Waals surface area (Å²) in [5.74, 6) is 0.904. The van der Waals surface area contributed by atoms with Crippen LogP contribution in [0.5, 0.6) is 0 Å². The van der Waals surface area contributed by atoms with Gasteiger partial charge in [-0.3, -0.25) is 0 Å². The van der Waals surface area contributed by atoms with Crippen molar-refractivity contribution in [3.05, 3.63) is 78.6 Å². The first-order valence-corrected chi connectivity index (χ1v) is 10.6. The molecule has 164 valence electrons. The Labute approximate surface area is 188 Å². The van der Waals surface area contributed by atoms with Gasteiger partial charge in [-0.1, -0.05) is 38.1 Å². The van der Waals surface area contributed by atoms with Crippen molar-refractivity contribution < 1.29 is 4.79 Å². The topological polar surface area (TPSA) is 75.1 Å². The van der Waals surface area contributed by atoms with Crippen molar-refractivity contribution in [3.8, 4) is 5.69 Å². The van der Waals surface area contributed by atoms with Gasteiger partial charge in [-0.15, -0.1) is 0 Å². The zero-order valence-corrected chi connectivity index (χ0v) is 18.8. The molecule has 0 unspecified atom stereocenters. The largest absolute Gasteiger partial charge is 0.363 e. The van der Waals surface area contributed by atoms with Crippen LogP contribution in [0.2, 0.25) is 0 Å². The normalized spacial score (nSPS) is 11.4. The lowest BCUT2D eigenvalue weighted by atomic mass is 9.85. The highest BCUT2D eigenvalue weighted by Crippen LogP contribution is 2.23. The van der Waals surface area contributed by atoms with Gasteiger partial charge in [0.25, 0.3) is 0 Å². The van der Waals surface area contributed by atoms with Gasteiger partial charge >= 0.3 is 6.03 Å². The zero-order chi connectivity index (χ0) is 22.7. The minimum absolute atomic E-state index is 0.242. The highest BCUT2D eigenvalue weighted by atomic mass is 16.2. The van der Waals surface area contributed by atoms with Crippen molar-refractivity contribution in [2.45, 2.75) is 19.3 Å². The average molecular weight is 429 g/mol. The molecule has 2 amide bonds. The van der Waals surface area contributed by atoms with Gasteiger partial charge in [0.15, 0.2) is 0 Å². The van der Waals surface area contributed by atoms with E-state index in [1.165, 1.54) is 0 Å². The van der Waals surface area contributed by atoms with Crippen molar-refractivity contribution in [3.63, 3.8) is 0 Å². The third-order valence-electron chi connectivity index (χ3n) is 5.53. The molecule has 2 aromatic carbocycles. The number of aromatic nitrogens is 3. The summed E-state index contributed by atoms with van der Waals surface area (Å²) < 4.78 is 1.89. The third-order valence-corrected chi connectivity index (χ3v) is 5.53. The van der Waals surface area contributed by atoms with Gasteiger partial charge in [-0.05, 0) is 42.0 Å². The van der Waals surface area contributed by atoms with E-state index in [0.717, 1.165) is 33.7 Å². The molecule has 0 radical (unpaired) electrons. The second kappa shape index (κ2) is 8.70. The fourth-order valence-corrected chi connectivity index (χ4v) is 3.49.